The van der Waals surface area contributed by atoms with E-state index in [9.17, 15) is 4.79 Å². The number of ether oxygens (including phenoxy) is 2. The fraction of sp³-hybridized carbons (Fsp3) is 0.536. The van der Waals surface area contributed by atoms with Gasteiger partial charge in [-0.2, -0.15) is 0 Å². The highest BCUT2D eigenvalue weighted by Crippen LogP contribution is 2.43. The largest absolute Gasteiger partial charge is 0.381 e. The Labute approximate surface area is 214 Å². The van der Waals surface area contributed by atoms with E-state index in [1.165, 1.54) is 5.57 Å². The second-order valence-electron chi connectivity index (χ2n) is 10.4. The van der Waals surface area contributed by atoms with Crippen LogP contribution >= 0.6 is 0 Å². The SMILES string of the molecule is CN=Cc1cnc(C(=O)Nc2ccc(C3(OCCNC)CCOCC3)cc2C2=CCC(C)(C)CC2)[nH]1. The van der Waals surface area contributed by atoms with Crippen LogP contribution in [-0.2, 0) is 15.1 Å². The topological polar surface area (TPSA) is 101 Å². The van der Waals surface area contributed by atoms with Crippen LogP contribution in [0.15, 0.2) is 35.5 Å². The lowest BCUT2D eigenvalue weighted by atomic mass is 9.76. The van der Waals surface area contributed by atoms with Crippen LogP contribution < -0.4 is 10.6 Å². The predicted octanol–water partition coefficient (Wildman–Crippen LogP) is 4.55. The molecule has 194 valence electrons. The number of hydrogen-bond acceptors (Lipinski definition) is 6. The fourth-order valence-corrected chi connectivity index (χ4v) is 4.93. The van der Waals surface area contributed by atoms with Crippen LogP contribution in [0.5, 0.6) is 0 Å². The Morgan fingerprint density at radius 3 is 2.78 bits per heavy atom. The van der Waals surface area contributed by atoms with Crippen molar-refractivity contribution < 1.29 is 14.3 Å². The Morgan fingerprint density at radius 1 is 1.28 bits per heavy atom. The normalized spacial score (nSPS) is 19.3. The zero-order valence-corrected chi connectivity index (χ0v) is 21.9. The lowest BCUT2D eigenvalue weighted by Gasteiger charge is -2.38. The van der Waals surface area contributed by atoms with Gasteiger partial charge < -0.3 is 25.1 Å². The first kappa shape index (κ1) is 26.3. The van der Waals surface area contributed by atoms with Crippen molar-refractivity contribution in [3.05, 3.63) is 53.1 Å². The van der Waals surface area contributed by atoms with Crippen LogP contribution in [-0.4, -0.2) is 62.6 Å². The molecule has 1 aromatic carbocycles. The van der Waals surface area contributed by atoms with Crippen LogP contribution in [0.1, 0.15) is 73.4 Å². The number of aliphatic imine (C=N–C) groups is 1. The number of likely N-dealkylation sites (N-methyl/N-ethyl adjacent to an activating group) is 1. The van der Waals surface area contributed by atoms with Gasteiger partial charge in [-0.05, 0) is 55.0 Å². The van der Waals surface area contributed by atoms with Gasteiger partial charge in [0.2, 0.25) is 0 Å². The van der Waals surface area contributed by atoms with E-state index in [0.29, 0.717) is 25.5 Å². The number of imidazole rings is 1. The van der Waals surface area contributed by atoms with Gasteiger partial charge in [-0.1, -0.05) is 26.0 Å². The average molecular weight is 494 g/mol. The molecule has 2 aromatic rings. The van der Waals surface area contributed by atoms with E-state index >= 15 is 0 Å². The molecule has 4 rings (SSSR count). The van der Waals surface area contributed by atoms with Crippen LogP contribution in [0, 0.1) is 5.41 Å². The van der Waals surface area contributed by atoms with Crippen molar-refractivity contribution >= 4 is 23.4 Å². The van der Waals surface area contributed by atoms with Gasteiger partial charge >= 0.3 is 0 Å². The summed E-state index contributed by atoms with van der Waals surface area (Å²) < 4.78 is 12.2. The van der Waals surface area contributed by atoms with Gasteiger partial charge in [-0.15, -0.1) is 0 Å². The second-order valence-corrected chi connectivity index (χ2v) is 10.4. The molecule has 3 N–H and O–H groups in total. The molecule has 1 fully saturated rings. The first-order valence-electron chi connectivity index (χ1n) is 12.8. The molecular formula is C28H39N5O3. The third-order valence-electron chi connectivity index (χ3n) is 7.22. The number of nitrogens with one attached hydrogen (secondary N) is 3. The van der Waals surface area contributed by atoms with E-state index in [4.69, 9.17) is 9.47 Å². The molecule has 0 atom stereocenters. The van der Waals surface area contributed by atoms with Gasteiger partial charge in [0.05, 0.1) is 24.1 Å². The molecule has 2 aliphatic rings. The summed E-state index contributed by atoms with van der Waals surface area (Å²) in [5.74, 6) is -0.0162. The number of carbonyl (C=O) groups is 1. The second kappa shape index (κ2) is 11.5. The number of H-pyrrole nitrogens is 1. The van der Waals surface area contributed by atoms with E-state index in [0.717, 1.165) is 55.5 Å². The fourth-order valence-electron chi connectivity index (χ4n) is 4.93. The molecule has 8 nitrogen and oxygen atoms in total. The van der Waals surface area contributed by atoms with Crippen LogP contribution in [0.3, 0.4) is 0 Å². The highest BCUT2D eigenvalue weighted by Gasteiger charge is 2.36. The zero-order chi connectivity index (χ0) is 25.6. The van der Waals surface area contributed by atoms with E-state index in [1.807, 2.05) is 13.1 Å². The molecule has 1 aromatic heterocycles. The molecule has 0 radical (unpaired) electrons. The summed E-state index contributed by atoms with van der Waals surface area (Å²) in [4.78, 5) is 24.3. The van der Waals surface area contributed by atoms with Gasteiger partial charge in [-0.25, -0.2) is 4.98 Å². The van der Waals surface area contributed by atoms with Gasteiger partial charge in [0.15, 0.2) is 5.82 Å². The van der Waals surface area contributed by atoms with Crippen molar-refractivity contribution in [1.82, 2.24) is 15.3 Å². The molecule has 1 aliphatic heterocycles. The van der Waals surface area contributed by atoms with Crippen molar-refractivity contribution in [2.45, 2.75) is 51.6 Å². The maximum Gasteiger partial charge on any atom is 0.291 e. The quantitative estimate of drug-likeness (QED) is 0.352. The molecule has 0 unspecified atom stereocenters. The molecule has 0 bridgehead atoms. The number of carbonyl (C=O) groups excluding carboxylic acids is 1. The zero-order valence-electron chi connectivity index (χ0n) is 21.9. The van der Waals surface area contributed by atoms with Gasteiger partial charge in [-0.3, -0.25) is 9.79 Å². The Kier molecular flexibility index (Phi) is 8.39. The Morgan fingerprint density at radius 2 is 2.08 bits per heavy atom. The van der Waals surface area contributed by atoms with E-state index in [-0.39, 0.29) is 17.1 Å². The van der Waals surface area contributed by atoms with Crippen LogP contribution in [0.25, 0.3) is 5.57 Å². The van der Waals surface area contributed by atoms with Crippen LogP contribution in [0.4, 0.5) is 5.69 Å². The number of anilines is 1. The summed E-state index contributed by atoms with van der Waals surface area (Å²) >= 11 is 0. The van der Waals surface area contributed by atoms with E-state index in [2.05, 4.69) is 57.7 Å². The summed E-state index contributed by atoms with van der Waals surface area (Å²) in [6.45, 7) is 7.37. The minimum atomic E-state index is -0.393. The molecule has 2 heterocycles. The standard InChI is InChI=1S/C28H39N5O3/c1-27(2)9-7-20(8-10-27)23-17-21(28(36-16-13-29-3)11-14-35-15-12-28)5-6-24(23)33-26(34)25-31-19-22(32-25)18-30-4/h5-7,17-19,29H,8-16H2,1-4H3,(H,31,32)(H,33,34). The van der Waals surface area contributed by atoms with Crippen LogP contribution in [0.2, 0.25) is 0 Å². The summed E-state index contributed by atoms with van der Waals surface area (Å²) in [6, 6.07) is 6.33. The van der Waals surface area contributed by atoms with Gasteiger partial charge in [0.25, 0.3) is 5.91 Å². The minimum absolute atomic E-state index is 0.259. The number of allylic oxidation sites excluding steroid dienone is 2. The Bertz CT molecular complexity index is 1110. The third-order valence-corrected chi connectivity index (χ3v) is 7.22. The van der Waals surface area contributed by atoms with E-state index in [1.54, 1.807) is 19.5 Å². The molecular weight excluding hydrogens is 454 g/mol. The minimum Gasteiger partial charge on any atom is -0.381 e. The monoisotopic (exact) mass is 493 g/mol. The summed E-state index contributed by atoms with van der Waals surface area (Å²) in [5, 5.41) is 6.27. The maximum absolute atomic E-state index is 13.1. The first-order chi connectivity index (χ1) is 17.4. The lowest BCUT2D eigenvalue weighted by molar-refractivity contribution is -0.115. The van der Waals surface area contributed by atoms with Gasteiger partial charge in [0.1, 0.15) is 0 Å². The maximum atomic E-state index is 13.1. The van der Waals surface area contributed by atoms with Crippen molar-refractivity contribution in [3.8, 4) is 0 Å². The van der Waals surface area contributed by atoms with Crippen molar-refractivity contribution in [2.75, 3.05) is 45.8 Å². The molecule has 1 amide bonds. The highest BCUT2D eigenvalue weighted by molar-refractivity contribution is 6.03. The number of nitrogens with zero attached hydrogens (tertiary/aromatic N) is 2. The number of amides is 1. The number of benzene rings is 1. The van der Waals surface area contributed by atoms with Crippen molar-refractivity contribution in [1.29, 1.82) is 0 Å². The molecule has 8 heteroatoms. The molecule has 0 spiro atoms. The number of aromatic nitrogens is 2. The summed E-state index contributed by atoms with van der Waals surface area (Å²) in [7, 11) is 3.62. The Hall–Kier alpha value is -2.81. The average Bonchev–Trinajstić information content (AvgIpc) is 3.34. The lowest BCUT2D eigenvalue weighted by Crippen LogP contribution is -2.38. The smallest absolute Gasteiger partial charge is 0.291 e. The predicted molar refractivity (Wildman–Crippen MR) is 144 cm³/mol. The molecule has 0 saturated carbocycles. The van der Waals surface area contributed by atoms with Gasteiger partial charge in [0, 0.05) is 57.1 Å². The van der Waals surface area contributed by atoms with Crippen molar-refractivity contribution in [3.63, 3.8) is 0 Å². The summed E-state index contributed by atoms with van der Waals surface area (Å²) in [6.07, 6.45) is 10.3. The first-order valence-corrected chi connectivity index (χ1v) is 12.8. The summed E-state index contributed by atoms with van der Waals surface area (Å²) in [5.41, 5.74) is 4.83. The van der Waals surface area contributed by atoms with E-state index < -0.39 is 5.60 Å². The number of hydrogen-bond donors (Lipinski definition) is 3. The number of rotatable bonds is 9. The molecule has 1 aliphatic carbocycles. The highest BCUT2D eigenvalue weighted by atomic mass is 16.5. The molecule has 1 saturated heterocycles. The Balaban J connectivity index is 1.69. The third kappa shape index (κ3) is 6.11. The van der Waals surface area contributed by atoms with Crippen molar-refractivity contribution in [2.24, 2.45) is 10.4 Å². The molecule has 36 heavy (non-hydrogen) atoms. The number of aromatic amines is 1.